The van der Waals surface area contributed by atoms with Crippen molar-refractivity contribution in [1.29, 1.82) is 0 Å². The lowest BCUT2D eigenvalue weighted by atomic mass is 9.89. The van der Waals surface area contributed by atoms with Crippen LogP contribution < -0.4 is 15.2 Å². The number of amides is 1. The molecule has 3 heterocycles. The molecule has 1 atom stereocenters. The molecule has 1 aromatic rings. The zero-order valence-electron chi connectivity index (χ0n) is 14.5. The zero-order valence-corrected chi connectivity index (χ0v) is 14.5. The Bertz CT molecular complexity index is 690. The first-order valence-electron chi connectivity index (χ1n) is 9.40. The molecule has 0 N–H and O–H groups in total. The van der Waals surface area contributed by atoms with E-state index in [1.165, 1.54) is 23.9 Å². The minimum absolute atomic E-state index is 0.0789. The predicted octanol–water partition coefficient (Wildman–Crippen LogP) is 2.25. The van der Waals surface area contributed by atoms with E-state index in [4.69, 9.17) is 9.47 Å². The summed E-state index contributed by atoms with van der Waals surface area (Å²) < 4.78 is 12.5. The smallest absolute Gasteiger partial charge is 0.313 e. The topological polar surface area (TPSA) is 73.7 Å². The Labute approximate surface area is 146 Å². The maximum atomic E-state index is 12.8. The number of carbonyl (C=O) groups is 1. The van der Waals surface area contributed by atoms with Gasteiger partial charge in [-0.2, -0.15) is 9.78 Å². The van der Waals surface area contributed by atoms with Crippen molar-refractivity contribution in [1.82, 2.24) is 9.78 Å². The van der Waals surface area contributed by atoms with Gasteiger partial charge in [-0.05, 0) is 38.0 Å². The number of rotatable bonds is 3. The first kappa shape index (κ1) is 16.6. The summed E-state index contributed by atoms with van der Waals surface area (Å²) in [4.78, 5) is 26.9. The van der Waals surface area contributed by atoms with Crippen LogP contribution in [0.3, 0.4) is 0 Å². The summed E-state index contributed by atoms with van der Waals surface area (Å²) in [7, 11) is 0. The van der Waals surface area contributed by atoms with E-state index in [0.717, 1.165) is 32.1 Å². The molecule has 1 unspecified atom stereocenters. The third-order valence-electron chi connectivity index (χ3n) is 5.47. The molecule has 1 saturated heterocycles. The van der Waals surface area contributed by atoms with E-state index in [1.807, 2.05) is 0 Å². The van der Waals surface area contributed by atoms with Gasteiger partial charge in [0.25, 0.3) is 5.91 Å². The van der Waals surface area contributed by atoms with Gasteiger partial charge in [-0.1, -0.05) is 19.3 Å². The van der Waals surface area contributed by atoms with Crippen LogP contribution in [-0.4, -0.2) is 35.4 Å². The molecular formula is C18H25N3O4. The maximum absolute atomic E-state index is 12.8. The second kappa shape index (κ2) is 7.15. The molecule has 3 aliphatic rings. The van der Waals surface area contributed by atoms with Crippen LogP contribution in [-0.2, 0) is 9.53 Å². The molecule has 1 aliphatic carbocycles. The molecule has 1 saturated carbocycles. The van der Waals surface area contributed by atoms with E-state index in [1.54, 1.807) is 11.1 Å². The quantitative estimate of drug-likeness (QED) is 0.838. The molecule has 1 aromatic heterocycles. The van der Waals surface area contributed by atoms with Crippen molar-refractivity contribution in [3.8, 4) is 5.75 Å². The number of nitrogens with zero attached hydrogens (tertiary/aromatic N) is 3. The van der Waals surface area contributed by atoms with E-state index >= 15 is 0 Å². The second-order valence-corrected chi connectivity index (χ2v) is 7.23. The van der Waals surface area contributed by atoms with E-state index < -0.39 is 0 Å². The number of aromatic nitrogens is 2. The van der Waals surface area contributed by atoms with Crippen LogP contribution in [0, 0.1) is 5.92 Å². The van der Waals surface area contributed by atoms with Crippen LogP contribution in [0.5, 0.6) is 5.75 Å². The van der Waals surface area contributed by atoms with Crippen molar-refractivity contribution >= 4 is 11.6 Å². The number of fused-ring (bicyclic) bond motifs is 1. The molecule has 1 amide bonds. The Hall–Kier alpha value is -1.89. The van der Waals surface area contributed by atoms with Crippen molar-refractivity contribution < 1.29 is 14.3 Å². The molecule has 7 heteroatoms. The summed E-state index contributed by atoms with van der Waals surface area (Å²) >= 11 is 0. The number of hydrogen-bond acceptors (Lipinski definition) is 5. The van der Waals surface area contributed by atoms with E-state index in [0.29, 0.717) is 24.8 Å². The molecule has 0 spiro atoms. The highest BCUT2D eigenvalue weighted by atomic mass is 16.5. The lowest BCUT2D eigenvalue weighted by Crippen LogP contribution is -2.45. The predicted molar refractivity (Wildman–Crippen MR) is 91.8 cm³/mol. The van der Waals surface area contributed by atoms with Gasteiger partial charge in [-0.15, -0.1) is 0 Å². The van der Waals surface area contributed by atoms with Crippen LogP contribution in [0.1, 0.15) is 57.6 Å². The Morgan fingerprint density at radius 2 is 1.88 bits per heavy atom. The SMILES string of the molecule is O=C1COc2c(cnn(C3CCCCO3)c2=O)N1CC1CCCCC1. The molecule has 4 rings (SSSR count). The van der Waals surface area contributed by atoms with Gasteiger partial charge >= 0.3 is 5.56 Å². The summed E-state index contributed by atoms with van der Waals surface area (Å²) in [6.45, 7) is 1.22. The normalized spacial score (nSPS) is 24.7. The first-order chi connectivity index (χ1) is 12.2. The molecular weight excluding hydrogens is 322 g/mol. The van der Waals surface area contributed by atoms with E-state index in [2.05, 4.69) is 5.10 Å². The van der Waals surface area contributed by atoms with Crippen LogP contribution in [0.25, 0.3) is 0 Å². The molecule has 0 radical (unpaired) electrons. The van der Waals surface area contributed by atoms with Gasteiger partial charge in [0.2, 0.25) is 5.75 Å². The summed E-state index contributed by atoms with van der Waals surface area (Å²) in [6, 6.07) is 0. The fourth-order valence-corrected chi connectivity index (χ4v) is 4.07. The fraction of sp³-hybridized carbons (Fsp3) is 0.722. The summed E-state index contributed by atoms with van der Waals surface area (Å²) in [5.74, 6) is 0.637. The van der Waals surface area contributed by atoms with Crippen molar-refractivity contribution in [3.05, 3.63) is 16.6 Å². The standard InChI is InChI=1S/C18H25N3O4/c22-15-12-25-17-14(20(15)11-13-6-2-1-3-7-13)10-19-21(18(17)23)16-8-4-5-9-24-16/h10,13,16H,1-9,11-12H2. The van der Waals surface area contributed by atoms with E-state index in [-0.39, 0.29) is 30.1 Å². The van der Waals surface area contributed by atoms with Gasteiger partial charge in [0.05, 0.1) is 6.20 Å². The van der Waals surface area contributed by atoms with E-state index in [9.17, 15) is 9.59 Å². The maximum Gasteiger partial charge on any atom is 0.313 e. The summed E-state index contributed by atoms with van der Waals surface area (Å²) in [6.07, 6.45) is 10.0. The van der Waals surface area contributed by atoms with Crippen LogP contribution in [0.2, 0.25) is 0 Å². The summed E-state index contributed by atoms with van der Waals surface area (Å²) in [5, 5.41) is 4.30. The van der Waals surface area contributed by atoms with Crippen molar-refractivity contribution in [2.45, 2.75) is 57.6 Å². The molecule has 7 nitrogen and oxygen atoms in total. The minimum atomic E-state index is -0.334. The number of carbonyl (C=O) groups excluding carboxylic acids is 1. The van der Waals surface area contributed by atoms with Crippen molar-refractivity contribution in [3.63, 3.8) is 0 Å². The highest BCUT2D eigenvalue weighted by Crippen LogP contribution is 2.32. The molecule has 2 fully saturated rings. The molecule has 0 bridgehead atoms. The van der Waals surface area contributed by atoms with Gasteiger partial charge in [-0.25, -0.2) is 0 Å². The highest BCUT2D eigenvalue weighted by Gasteiger charge is 2.32. The largest absolute Gasteiger partial charge is 0.476 e. The van der Waals surface area contributed by atoms with Gasteiger partial charge in [0, 0.05) is 13.2 Å². The second-order valence-electron chi connectivity index (χ2n) is 7.23. The fourth-order valence-electron chi connectivity index (χ4n) is 4.07. The molecule has 25 heavy (non-hydrogen) atoms. The molecule has 2 aliphatic heterocycles. The third-order valence-corrected chi connectivity index (χ3v) is 5.47. The zero-order chi connectivity index (χ0) is 17.2. The third kappa shape index (κ3) is 3.29. The van der Waals surface area contributed by atoms with Crippen LogP contribution in [0.4, 0.5) is 5.69 Å². The Morgan fingerprint density at radius 3 is 2.64 bits per heavy atom. The highest BCUT2D eigenvalue weighted by molar-refractivity contribution is 5.97. The average Bonchev–Trinajstić information content (AvgIpc) is 2.66. The van der Waals surface area contributed by atoms with Gasteiger partial charge in [0.15, 0.2) is 12.8 Å². The lowest BCUT2D eigenvalue weighted by molar-refractivity contribution is -0.121. The monoisotopic (exact) mass is 347 g/mol. The minimum Gasteiger partial charge on any atom is -0.476 e. The lowest BCUT2D eigenvalue weighted by Gasteiger charge is -2.33. The number of anilines is 1. The van der Waals surface area contributed by atoms with Gasteiger partial charge < -0.3 is 14.4 Å². The first-order valence-corrected chi connectivity index (χ1v) is 9.40. The number of ether oxygens (including phenoxy) is 2. The molecule has 136 valence electrons. The molecule has 0 aromatic carbocycles. The van der Waals surface area contributed by atoms with Crippen molar-refractivity contribution in [2.75, 3.05) is 24.7 Å². The van der Waals surface area contributed by atoms with Gasteiger partial charge in [-0.3, -0.25) is 9.59 Å². The Balaban J connectivity index is 1.61. The Kier molecular flexibility index (Phi) is 4.74. The van der Waals surface area contributed by atoms with Crippen molar-refractivity contribution in [2.24, 2.45) is 5.92 Å². The average molecular weight is 347 g/mol. The van der Waals surface area contributed by atoms with Crippen LogP contribution in [0.15, 0.2) is 11.0 Å². The number of hydrogen-bond donors (Lipinski definition) is 0. The Morgan fingerprint density at radius 1 is 1.08 bits per heavy atom. The summed E-state index contributed by atoms with van der Waals surface area (Å²) in [5.41, 5.74) is 0.212. The van der Waals surface area contributed by atoms with Gasteiger partial charge in [0.1, 0.15) is 5.69 Å². The van der Waals surface area contributed by atoms with Crippen LogP contribution >= 0.6 is 0 Å².